The Morgan fingerprint density at radius 2 is 2.11 bits per heavy atom. The lowest BCUT2D eigenvalue weighted by Gasteiger charge is -2.36. The molecule has 1 heterocycles. The fourth-order valence-corrected chi connectivity index (χ4v) is 4.21. The Labute approximate surface area is 168 Å². The van der Waals surface area contributed by atoms with Crippen LogP contribution < -0.4 is 9.47 Å². The van der Waals surface area contributed by atoms with E-state index in [-0.39, 0.29) is 11.9 Å². The first-order valence-corrected chi connectivity index (χ1v) is 10.4. The Morgan fingerprint density at radius 1 is 1.32 bits per heavy atom. The maximum atomic E-state index is 12.9. The number of esters is 1. The number of allylic oxidation sites excluding steroid dienone is 2. The van der Waals surface area contributed by atoms with Crippen molar-refractivity contribution in [2.45, 2.75) is 84.3 Å². The molecule has 4 nitrogen and oxygen atoms in total. The van der Waals surface area contributed by atoms with Crippen molar-refractivity contribution < 1.29 is 19.0 Å². The standard InChI is InChI=1S/C24H32O4/c1-6-8-9-12-18-15-19(26-7-2)20(17-13-10-11-16(3)14-17)22-21(18)23(25)28-24(4,5)27-22/h7,14-15,17H,2,6,8-13H2,1,3-5H3. The molecule has 1 atom stereocenters. The third-order valence-corrected chi connectivity index (χ3v) is 5.46. The quantitative estimate of drug-likeness (QED) is 0.235. The Kier molecular flexibility index (Phi) is 6.17. The number of benzene rings is 1. The number of carbonyl (C=O) groups excluding carboxylic acids is 1. The van der Waals surface area contributed by atoms with Gasteiger partial charge in [-0.1, -0.05) is 38.0 Å². The lowest BCUT2D eigenvalue weighted by atomic mass is 9.82. The minimum absolute atomic E-state index is 0.156. The van der Waals surface area contributed by atoms with Gasteiger partial charge in [-0.2, -0.15) is 0 Å². The molecule has 0 N–H and O–H groups in total. The van der Waals surface area contributed by atoms with Gasteiger partial charge in [0.15, 0.2) is 0 Å². The predicted molar refractivity (Wildman–Crippen MR) is 111 cm³/mol. The van der Waals surface area contributed by atoms with E-state index in [9.17, 15) is 4.79 Å². The van der Waals surface area contributed by atoms with Crippen LogP contribution in [0, 0.1) is 0 Å². The Bertz CT molecular complexity index is 788. The summed E-state index contributed by atoms with van der Waals surface area (Å²) >= 11 is 0. The van der Waals surface area contributed by atoms with E-state index in [0.29, 0.717) is 11.3 Å². The number of cyclic esters (lactones) is 1. The van der Waals surface area contributed by atoms with Crippen LogP contribution in [0.4, 0.5) is 0 Å². The Hall–Kier alpha value is -2.23. The van der Waals surface area contributed by atoms with Crippen molar-refractivity contribution in [2.75, 3.05) is 0 Å². The average Bonchev–Trinajstić information content (AvgIpc) is 2.60. The van der Waals surface area contributed by atoms with Gasteiger partial charge in [0.25, 0.3) is 0 Å². The topological polar surface area (TPSA) is 44.8 Å². The average molecular weight is 385 g/mol. The van der Waals surface area contributed by atoms with E-state index in [1.807, 2.05) is 6.07 Å². The molecule has 2 aliphatic rings. The van der Waals surface area contributed by atoms with Gasteiger partial charge < -0.3 is 14.2 Å². The number of fused-ring (bicyclic) bond motifs is 1. The van der Waals surface area contributed by atoms with Crippen molar-refractivity contribution in [1.29, 1.82) is 0 Å². The van der Waals surface area contributed by atoms with Crippen molar-refractivity contribution >= 4 is 5.97 Å². The van der Waals surface area contributed by atoms with Gasteiger partial charge in [-0.25, -0.2) is 4.79 Å². The number of hydrogen-bond acceptors (Lipinski definition) is 4. The normalized spacial score (nSPS) is 20.5. The summed E-state index contributed by atoms with van der Waals surface area (Å²) in [6.45, 7) is 11.6. The van der Waals surface area contributed by atoms with Crippen LogP contribution in [0.1, 0.15) is 93.6 Å². The smallest absolute Gasteiger partial charge is 0.345 e. The molecule has 152 valence electrons. The highest BCUT2D eigenvalue weighted by molar-refractivity contribution is 5.96. The summed E-state index contributed by atoms with van der Waals surface area (Å²) in [7, 11) is 0. The van der Waals surface area contributed by atoms with Crippen LogP contribution >= 0.6 is 0 Å². The zero-order chi connectivity index (χ0) is 20.3. The van der Waals surface area contributed by atoms with Crippen molar-refractivity contribution in [3.05, 3.63) is 47.2 Å². The molecule has 1 unspecified atom stereocenters. The van der Waals surface area contributed by atoms with Gasteiger partial charge in [0.1, 0.15) is 17.1 Å². The second kappa shape index (κ2) is 8.42. The van der Waals surface area contributed by atoms with Gasteiger partial charge in [0.05, 0.1) is 6.26 Å². The van der Waals surface area contributed by atoms with Crippen molar-refractivity contribution in [1.82, 2.24) is 0 Å². The van der Waals surface area contributed by atoms with Gasteiger partial charge in [-0.3, -0.25) is 0 Å². The SMILES string of the molecule is C=COc1cc(CCCCC)c2c(c1C1C=C(C)CCC1)OC(C)(C)OC2=O. The summed E-state index contributed by atoms with van der Waals surface area (Å²) in [5, 5.41) is 0. The highest BCUT2D eigenvalue weighted by atomic mass is 16.7. The number of unbranched alkanes of at least 4 members (excludes halogenated alkanes) is 2. The van der Waals surface area contributed by atoms with Crippen LogP contribution in [-0.2, 0) is 11.2 Å². The zero-order valence-corrected chi connectivity index (χ0v) is 17.6. The molecule has 0 fully saturated rings. The minimum Gasteiger partial charge on any atom is -0.465 e. The third kappa shape index (κ3) is 4.26. The molecule has 0 radical (unpaired) electrons. The monoisotopic (exact) mass is 384 g/mol. The molecule has 0 spiro atoms. The van der Waals surface area contributed by atoms with E-state index < -0.39 is 5.79 Å². The van der Waals surface area contributed by atoms with Crippen LogP contribution in [-0.4, -0.2) is 11.8 Å². The second-order valence-corrected chi connectivity index (χ2v) is 8.30. The number of carbonyl (C=O) groups is 1. The maximum absolute atomic E-state index is 12.9. The van der Waals surface area contributed by atoms with Crippen LogP contribution in [0.15, 0.2) is 30.6 Å². The lowest BCUT2D eigenvalue weighted by Crippen LogP contribution is -2.40. The molecular weight excluding hydrogens is 352 g/mol. The van der Waals surface area contributed by atoms with Crippen molar-refractivity contribution in [3.8, 4) is 11.5 Å². The fraction of sp³-hybridized carbons (Fsp3) is 0.542. The molecule has 1 aromatic carbocycles. The zero-order valence-electron chi connectivity index (χ0n) is 17.6. The van der Waals surface area contributed by atoms with Gasteiger partial charge in [0, 0.05) is 25.3 Å². The third-order valence-electron chi connectivity index (χ3n) is 5.46. The first kappa shape index (κ1) is 20.5. The molecule has 0 amide bonds. The molecule has 1 aliphatic carbocycles. The summed E-state index contributed by atoms with van der Waals surface area (Å²) in [5.41, 5.74) is 3.80. The lowest BCUT2D eigenvalue weighted by molar-refractivity contribution is -0.128. The first-order chi connectivity index (χ1) is 13.4. The van der Waals surface area contributed by atoms with E-state index in [1.165, 1.54) is 11.8 Å². The van der Waals surface area contributed by atoms with Crippen molar-refractivity contribution in [3.63, 3.8) is 0 Å². The number of rotatable bonds is 7. The summed E-state index contributed by atoms with van der Waals surface area (Å²) in [5.74, 6) is 0.217. The number of ether oxygens (including phenoxy) is 3. The van der Waals surface area contributed by atoms with E-state index in [4.69, 9.17) is 14.2 Å². The maximum Gasteiger partial charge on any atom is 0.345 e. The predicted octanol–water partition coefficient (Wildman–Crippen LogP) is 6.44. The summed E-state index contributed by atoms with van der Waals surface area (Å²) in [6.07, 6.45) is 11.0. The van der Waals surface area contributed by atoms with Crippen LogP contribution in [0.2, 0.25) is 0 Å². The first-order valence-electron chi connectivity index (χ1n) is 10.4. The highest BCUT2D eigenvalue weighted by Crippen LogP contribution is 2.48. The van der Waals surface area contributed by atoms with Crippen LogP contribution in [0.25, 0.3) is 0 Å². The molecule has 3 rings (SSSR count). The molecule has 0 aromatic heterocycles. The van der Waals surface area contributed by atoms with E-state index in [1.54, 1.807) is 13.8 Å². The molecule has 0 bridgehead atoms. The minimum atomic E-state index is -1.00. The molecular formula is C24H32O4. The number of aryl methyl sites for hydroxylation is 1. The van der Waals surface area contributed by atoms with Crippen LogP contribution in [0.3, 0.4) is 0 Å². The van der Waals surface area contributed by atoms with E-state index in [0.717, 1.165) is 61.8 Å². The molecule has 1 aromatic rings. The fourth-order valence-electron chi connectivity index (χ4n) is 4.21. The van der Waals surface area contributed by atoms with E-state index >= 15 is 0 Å². The Morgan fingerprint density at radius 3 is 2.79 bits per heavy atom. The van der Waals surface area contributed by atoms with Crippen molar-refractivity contribution in [2.24, 2.45) is 0 Å². The largest absolute Gasteiger partial charge is 0.465 e. The van der Waals surface area contributed by atoms with Crippen LogP contribution in [0.5, 0.6) is 11.5 Å². The summed E-state index contributed by atoms with van der Waals surface area (Å²) in [6, 6.07) is 1.99. The summed E-state index contributed by atoms with van der Waals surface area (Å²) in [4.78, 5) is 12.9. The number of hydrogen-bond donors (Lipinski definition) is 0. The molecule has 1 aliphatic heterocycles. The van der Waals surface area contributed by atoms with Gasteiger partial charge in [0.2, 0.25) is 5.79 Å². The molecule has 4 heteroatoms. The molecule has 0 saturated heterocycles. The molecule has 0 saturated carbocycles. The Balaban J connectivity index is 2.19. The van der Waals surface area contributed by atoms with Gasteiger partial charge >= 0.3 is 5.97 Å². The molecule has 28 heavy (non-hydrogen) atoms. The van der Waals surface area contributed by atoms with E-state index in [2.05, 4.69) is 26.5 Å². The van der Waals surface area contributed by atoms with Gasteiger partial charge in [-0.15, -0.1) is 0 Å². The van der Waals surface area contributed by atoms with Gasteiger partial charge in [-0.05, 0) is 50.7 Å². The highest BCUT2D eigenvalue weighted by Gasteiger charge is 2.39. The summed E-state index contributed by atoms with van der Waals surface area (Å²) < 4.78 is 17.7. The second-order valence-electron chi connectivity index (χ2n) is 8.30.